The highest BCUT2D eigenvalue weighted by atomic mass is 16.5. The summed E-state index contributed by atoms with van der Waals surface area (Å²) in [5.41, 5.74) is 8.92. The molecule has 0 spiro atoms. The Morgan fingerprint density at radius 1 is 1.09 bits per heavy atom. The summed E-state index contributed by atoms with van der Waals surface area (Å²) in [6, 6.07) is 19.7. The van der Waals surface area contributed by atoms with Crippen molar-refractivity contribution in [3.8, 4) is 22.8 Å². The molecular formula is C25H23N5O2. The van der Waals surface area contributed by atoms with Crippen molar-refractivity contribution in [2.24, 2.45) is 0 Å². The lowest BCUT2D eigenvalue weighted by Crippen LogP contribution is -2.44. The highest BCUT2D eigenvalue weighted by Crippen LogP contribution is 2.39. The summed E-state index contributed by atoms with van der Waals surface area (Å²) in [5, 5.41) is 8.69. The van der Waals surface area contributed by atoms with Crippen molar-refractivity contribution in [1.82, 2.24) is 20.1 Å². The van der Waals surface area contributed by atoms with Gasteiger partial charge in [-0.1, -0.05) is 24.8 Å². The number of para-hydroxylation sites is 1. The highest BCUT2D eigenvalue weighted by Gasteiger charge is 2.33. The molecule has 4 aromatic rings. The molecule has 5 rings (SSSR count). The smallest absolute Gasteiger partial charge is 0.243 e. The van der Waals surface area contributed by atoms with E-state index in [0.717, 1.165) is 46.5 Å². The number of amides is 1. The van der Waals surface area contributed by atoms with E-state index in [1.807, 2.05) is 65.3 Å². The van der Waals surface area contributed by atoms with Gasteiger partial charge in [0.2, 0.25) is 5.91 Å². The number of aromatic nitrogens is 3. The molecule has 0 aliphatic heterocycles. The van der Waals surface area contributed by atoms with Gasteiger partial charge in [-0.05, 0) is 61.4 Å². The number of anilines is 1. The van der Waals surface area contributed by atoms with Gasteiger partial charge in [-0.2, -0.15) is 5.10 Å². The first-order valence-corrected chi connectivity index (χ1v) is 10.5. The number of nitrogens with one attached hydrogen (secondary N) is 1. The normalized spacial score (nSPS) is 17.5. The van der Waals surface area contributed by atoms with Gasteiger partial charge >= 0.3 is 0 Å². The number of hydrogen-bond donors (Lipinski definition) is 2. The van der Waals surface area contributed by atoms with Crippen LogP contribution in [0, 0.1) is 0 Å². The van der Waals surface area contributed by atoms with E-state index < -0.39 is 0 Å². The fraction of sp³-hybridized carbons (Fsp3) is 0.160. The summed E-state index contributed by atoms with van der Waals surface area (Å²) in [7, 11) is 0. The minimum atomic E-state index is -0.147. The number of ether oxygens (including phenoxy) is 1. The van der Waals surface area contributed by atoms with E-state index in [2.05, 4.69) is 16.9 Å². The zero-order chi connectivity index (χ0) is 22.1. The van der Waals surface area contributed by atoms with Crippen LogP contribution in [0.4, 0.5) is 5.82 Å². The van der Waals surface area contributed by atoms with Gasteiger partial charge in [-0.25, -0.2) is 4.98 Å². The second-order valence-corrected chi connectivity index (χ2v) is 7.86. The number of benzene rings is 2. The maximum Gasteiger partial charge on any atom is 0.243 e. The van der Waals surface area contributed by atoms with Gasteiger partial charge in [0.1, 0.15) is 23.0 Å². The molecule has 3 N–H and O–H groups in total. The minimum Gasteiger partial charge on any atom is -0.457 e. The topological polar surface area (TPSA) is 95.1 Å². The maximum absolute atomic E-state index is 11.6. The Bertz CT molecular complexity index is 1280. The zero-order valence-corrected chi connectivity index (χ0v) is 17.4. The number of nitrogen functional groups attached to an aromatic ring is 1. The number of rotatable bonds is 6. The minimum absolute atomic E-state index is 0.127. The van der Waals surface area contributed by atoms with Crippen molar-refractivity contribution >= 4 is 22.6 Å². The van der Waals surface area contributed by atoms with Crippen LogP contribution < -0.4 is 15.8 Å². The number of pyridine rings is 1. The SMILES string of the molecule is C=CC(=O)N[C@H]1C[C@@H](n2nc(-c3ccc(Oc4ccccc4)cc3)c3c(N)nccc32)C1. The van der Waals surface area contributed by atoms with Crippen LogP contribution in [-0.2, 0) is 4.79 Å². The van der Waals surface area contributed by atoms with Crippen molar-refractivity contribution in [3.63, 3.8) is 0 Å². The van der Waals surface area contributed by atoms with E-state index in [4.69, 9.17) is 15.6 Å². The van der Waals surface area contributed by atoms with Crippen LogP contribution in [0.1, 0.15) is 18.9 Å². The van der Waals surface area contributed by atoms with E-state index in [-0.39, 0.29) is 18.0 Å². The average Bonchev–Trinajstić information content (AvgIpc) is 3.17. The molecule has 1 amide bonds. The number of hydrogen-bond acceptors (Lipinski definition) is 5. The van der Waals surface area contributed by atoms with Crippen LogP contribution in [0.25, 0.3) is 22.2 Å². The molecule has 0 unspecified atom stereocenters. The largest absolute Gasteiger partial charge is 0.457 e. The van der Waals surface area contributed by atoms with Crippen molar-refractivity contribution in [3.05, 3.63) is 79.5 Å². The average molecular weight is 425 g/mol. The van der Waals surface area contributed by atoms with E-state index in [0.29, 0.717) is 5.82 Å². The van der Waals surface area contributed by atoms with E-state index in [1.54, 1.807) is 6.20 Å². The molecule has 2 aromatic carbocycles. The lowest BCUT2D eigenvalue weighted by atomic mass is 9.86. The van der Waals surface area contributed by atoms with E-state index in [9.17, 15) is 4.79 Å². The predicted molar refractivity (Wildman–Crippen MR) is 124 cm³/mol. The first-order chi connectivity index (χ1) is 15.6. The third-order valence-electron chi connectivity index (χ3n) is 5.75. The predicted octanol–water partition coefficient (Wildman–Crippen LogP) is 4.48. The number of fused-ring (bicyclic) bond motifs is 1. The second-order valence-electron chi connectivity index (χ2n) is 7.86. The molecule has 2 heterocycles. The van der Waals surface area contributed by atoms with Gasteiger partial charge in [0.25, 0.3) is 0 Å². The molecule has 1 fully saturated rings. The Morgan fingerprint density at radius 3 is 2.53 bits per heavy atom. The Labute approximate surface area is 185 Å². The third-order valence-corrected chi connectivity index (χ3v) is 5.75. The van der Waals surface area contributed by atoms with E-state index >= 15 is 0 Å². The fourth-order valence-corrected chi connectivity index (χ4v) is 4.06. The van der Waals surface area contributed by atoms with Gasteiger partial charge in [-0.15, -0.1) is 0 Å². The van der Waals surface area contributed by atoms with Gasteiger partial charge in [0.05, 0.1) is 16.9 Å². The summed E-state index contributed by atoms with van der Waals surface area (Å²) in [5.74, 6) is 1.83. The summed E-state index contributed by atoms with van der Waals surface area (Å²) in [4.78, 5) is 15.8. The van der Waals surface area contributed by atoms with Gasteiger partial charge in [0, 0.05) is 17.8 Å². The van der Waals surface area contributed by atoms with E-state index in [1.165, 1.54) is 6.08 Å². The van der Waals surface area contributed by atoms with Gasteiger partial charge in [0.15, 0.2) is 0 Å². The Hall–Kier alpha value is -4.13. The summed E-state index contributed by atoms with van der Waals surface area (Å²) < 4.78 is 7.91. The van der Waals surface area contributed by atoms with Gasteiger partial charge < -0.3 is 15.8 Å². The Balaban J connectivity index is 1.43. The number of carbonyl (C=O) groups excluding carboxylic acids is 1. The van der Waals surface area contributed by atoms with Crippen LogP contribution in [-0.4, -0.2) is 26.7 Å². The number of nitrogens with two attached hydrogens (primary N) is 1. The second kappa shape index (κ2) is 8.19. The molecular weight excluding hydrogens is 402 g/mol. The number of nitrogens with zero attached hydrogens (tertiary/aromatic N) is 3. The highest BCUT2D eigenvalue weighted by molar-refractivity contribution is 6.00. The first kappa shape index (κ1) is 19.8. The zero-order valence-electron chi connectivity index (χ0n) is 17.4. The Morgan fingerprint density at radius 2 is 1.81 bits per heavy atom. The number of carbonyl (C=O) groups is 1. The quantitative estimate of drug-likeness (QED) is 0.444. The molecule has 32 heavy (non-hydrogen) atoms. The lowest BCUT2D eigenvalue weighted by Gasteiger charge is -2.36. The van der Waals surface area contributed by atoms with Crippen LogP contribution in [0.15, 0.2) is 79.5 Å². The van der Waals surface area contributed by atoms with Crippen molar-refractivity contribution in [1.29, 1.82) is 0 Å². The molecule has 0 saturated heterocycles. The third kappa shape index (κ3) is 3.69. The first-order valence-electron chi connectivity index (χ1n) is 10.5. The molecule has 0 bridgehead atoms. The standard InChI is InChI=1S/C25H23N5O2/c1-2-22(31)28-17-14-18(15-17)30-21-12-13-27-25(26)23(21)24(29-30)16-8-10-20(11-9-16)32-19-6-4-3-5-7-19/h2-13,17-18H,1,14-15H2,(H2,26,27)(H,28,31)/t17-,18+. The molecule has 0 radical (unpaired) electrons. The van der Waals surface area contributed by atoms with Crippen molar-refractivity contribution in [2.45, 2.75) is 24.9 Å². The van der Waals surface area contributed by atoms with Crippen LogP contribution in [0.5, 0.6) is 11.5 Å². The van der Waals surface area contributed by atoms with Crippen LogP contribution in [0.3, 0.4) is 0 Å². The molecule has 1 saturated carbocycles. The van der Waals surface area contributed by atoms with Crippen LogP contribution in [0.2, 0.25) is 0 Å². The summed E-state index contributed by atoms with van der Waals surface area (Å²) >= 11 is 0. The molecule has 7 nitrogen and oxygen atoms in total. The molecule has 7 heteroatoms. The lowest BCUT2D eigenvalue weighted by molar-refractivity contribution is -0.117. The van der Waals surface area contributed by atoms with Gasteiger partial charge in [-0.3, -0.25) is 9.48 Å². The molecule has 160 valence electrons. The van der Waals surface area contributed by atoms with Crippen molar-refractivity contribution < 1.29 is 9.53 Å². The maximum atomic E-state index is 11.6. The van der Waals surface area contributed by atoms with Crippen molar-refractivity contribution in [2.75, 3.05) is 5.73 Å². The fourth-order valence-electron chi connectivity index (χ4n) is 4.06. The Kier molecular flexibility index (Phi) is 5.07. The molecule has 1 aliphatic carbocycles. The monoisotopic (exact) mass is 425 g/mol. The molecule has 1 aliphatic rings. The molecule has 2 aromatic heterocycles. The molecule has 0 atom stereocenters. The van der Waals surface area contributed by atoms with Crippen LogP contribution >= 0.6 is 0 Å². The summed E-state index contributed by atoms with van der Waals surface area (Å²) in [6.45, 7) is 3.51. The summed E-state index contributed by atoms with van der Waals surface area (Å²) in [6.07, 6.45) is 4.61.